The summed E-state index contributed by atoms with van der Waals surface area (Å²) in [7, 11) is 2.64. The number of nitrogens with zero attached hydrogens (tertiary/aromatic N) is 1. The van der Waals surface area contributed by atoms with Gasteiger partial charge in [-0.25, -0.2) is 9.59 Å². The van der Waals surface area contributed by atoms with Crippen molar-refractivity contribution in [3.8, 4) is 5.88 Å². The number of hydrogen-bond donors (Lipinski definition) is 2. The first-order chi connectivity index (χ1) is 9.88. The fraction of sp³-hybridized carbons (Fsp3) is 0.500. The third-order valence-electron chi connectivity index (χ3n) is 2.79. The maximum atomic E-state index is 11.5. The fourth-order valence-corrected chi connectivity index (χ4v) is 1.81. The summed E-state index contributed by atoms with van der Waals surface area (Å²) in [5, 5.41) is 12.0. The lowest BCUT2D eigenvalue weighted by atomic mass is 10.0. The summed E-state index contributed by atoms with van der Waals surface area (Å²) in [6.07, 6.45) is 0.456. The summed E-state index contributed by atoms with van der Waals surface area (Å²) in [4.78, 5) is 26.8. The van der Waals surface area contributed by atoms with Crippen LogP contribution in [0.3, 0.4) is 0 Å². The normalized spacial score (nSPS) is 11.9. The van der Waals surface area contributed by atoms with Crippen molar-refractivity contribution in [3.05, 3.63) is 17.7 Å². The second kappa shape index (κ2) is 7.47. The molecule has 1 aromatic heterocycles. The van der Waals surface area contributed by atoms with Gasteiger partial charge in [0, 0.05) is 0 Å². The minimum Gasteiger partial charge on any atom is -0.480 e. The third kappa shape index (κ3) is 4.62. The molecule has 0 aliphatic rings. The quantitative estimate of drug-likeness (QED) is 0.740. The molecule has 0 fully saturated rings. The predicted octanol–water partition coefficient (Wildman–Crippen LogP) is 1.79. The van der Waals surface area contributed by atoms with Crippen molar-refractivity contribution in [3.63, 3.8) is 0 Å². The summed E-state index contributed by atoms with van der Waals surface area (Å²) >= 11 is 0. The molecule has 1 heterocycles. The van der Waals surface area contributed by atoms with Crippen LogP contribution < -0.4 is 10.1 Å². The van der Waals surface area contributed by atoms with E-state index in [1.165, 1.54) is 26.4 Å². The van der Waals surface area contributed by atoms with Crippen molar-refractivity contribution in [2.75, 3.05) is 19.5 Å². The third-order valence-corrected chi connectivity index (χ3v) is 2.79. The number of carboxylic acids is 1. The molecule has 7 nitrogen and oxygen atoms in total. The van der Waals surface area contributed by atoms with Crippen molar-refractivity contribution >= 4 is 17.8 Å². The van der Waals surface area contributed by atoms with Gasteiger partial charge in [-0.2, -0.15) is 4.98 Å². The van der Waals surface area contributed by atoms with E-state index in [1.54, 1.807) is 0 Å². The Bertz CT molecular complexity index is 516. The number of carbonyl (C=O) groups is 2. The summed E-state index contributed by atoms with van der Waals surface area (Å²) < 4.78 is 9.65. The number of methoxy groups -OCH3 is 2. The van der Waals surface area contributed by atoms with Crippen LogP contribution in [-0.4, -0.2) is 42.3 Å². The lowest BCUT2D eigenvalue weighted by molar-refractivity contribution is -0.138. The summed E-state index contributed by atoms with van der Waals surface area (Å²) in [5.74, 6) is -0.896. The van der Waals surface area contributed by atoms with Crippen LogP contribution in [0.4, 0.5) is 5.82 Å². The van der Waals surface area contributed by atoms with E-state index >= 15 is 0 Å². The number of aromatic nitrogens is 1. The van der Waals surface area contributed by atoms with E-state index in [1.807, 2.05) is 13.8 Å². The summed E-state index contributed by atoms with van der Waals surface area (Å²) in [5.41, 5.74) is 0.182. The Labute approximate surface area is 123 Å². The molecule has 0 bridgehead atoms. The van der Waals surface area contributed by atoms with Crippen LogP contribution in [0.2, 0.25) is 0 Å². The number of nitrogens with one attached hydrogen (secondary N) is 1. The molecule has 0 unspecified atom stereocenters. The van der Waals surface area contributed by atoms with Gasteiger partial charge < -0.3 is 19.9 Å². The molecule has 0 aliphatic carbocycles. The van der Waals surface area contributed by atoms with Gasteiger partial charge >= 0.3 is 11.9 Å². The molecule has 1 aromatic rings. The number of pyridine rings is 1. The molecule has 0 radical (unpaired) electrons. The maximum Gasteiger partial charge on any atom is 0.343 e. The monoisotopic (exact) mass is 296 g/mol. The molecule has 0 saturated heterocycles. The number of carboxylic acid groups (broad SMARTS) is 1. The van der Waals surface area contributed by atoms with Gasteiger partial charge in [0.2, 0.25) is 5.88 Å². The second-order valence-electron chi connectivity index (χ2n) is 4.91. The van der Waals surface area contributed by atoms with Crippen LogP contribution in [0, 0.1) is 5.92 Å². The van der Waals surface area contributed by atoms with Crippen molar-refractivity contribution in [2.45, 2.75) is 26.3 Å². The molecular formula is C14H20N2O5. The minimum atomic E-state index is -0.957. The van der Waals surface area contributed by atoms with Gasteiger partial charge in [0.1, 0.15) is 17.4 Å². The summed E-state index contributed by atoms with van der Waals surface area (Å²) in [6, 6.07) is 2.24. The first kappa shape index (κ1) is 16.7. The van der Waals surface area contributed by atoms with E-state index in [0.29, 0.717) is 12.2 Å². The highest BCUT2D eigenvalue weighted by atomic mass is 16.5. The van der Waals surface area contributed by atoms with Crippen LogP contribution in [0.5, 0.6) is 5.88 Å². The second-order valence-corrected chi connectivity index (χ2v) is 4.91. The number of aliphatic carboxylic acids is 1. The Balaban J connectivity index is 2.98. The Hall–Kier alpha value is -2.31. The van der Waals surface area contributed by atoms with Crippen molar-refractivity contribution in [2.24, 2.45) is 5.92 Å². The highest BCUT2D eigenvalue weighted by molar-refractivity contribution is 5.92. The van der Waals surface area contributed by atoms with E-state index in [4.69, 9.17) is 4.74 Å². The SMILES string of the molecule is COC(=O)c1ccc(N[C@@H](CC(C)C)C(=O)O)nc1OC. The molecule has 21 heavy (non-hydrogen) atoms. The Morgan fingerprint density at radius 2 is 2.00 bits per heavy atom. The van der Waals surface area contributed by atoms with Crippen LogP contribution in [-0.2, 0) is 9.53 Å². The van der Waals surface area contributed by atoms with Gasteiger partial charge in [-0.1, -0.05) is 13.8 Å². The molecule has 1 rings (SSSR count). The molecule has 0 saturated carbocycles. The zero-order chi connectivity index (χ0) is 16.0. The van der Waals surface area contributed by atoms with Gasteiger partial charge in [-0.3, -0.25) is 0 Å². The zero-order valence-electron chi connectivity index (χ0n) is 12.5. The smallest absolute Gasteiger partial charge is 0.343 e. The van der Waals surface area contributed by atoms with Crippen LogP contribution in [0.1, 0.15) is 30.6 Å². The maximum absolute atomic E-state index is 11.5. The average molecular weight is 296 g/mol. The van der Waals surface area contributed by atoms with Crippen molar-refractivity contribution < 1.29 is 24.2 Å². The average Bonchev–Trinajstić information content (AvgIpc) is 2.45. The molecule has 0 aliphatic heterocycles. The molecule has 2 N–H and O–H groups in total. The Morgan fingerprint density at radius 1 is 1.33 bits per heavy atom. The Kier molecular flexibility index (Phi) is 5.95. The fourth-order valence-electron chi connectivity index (χ4n) is 1.81. The molecule has 0 aromatic carbocycles. The van der Waals surface area contributed by atoms with Gasteiger partial charge in [0.25, 0.3) is 0 Å². The number of carbonyl (C=O) groups excluding carboxylic acids is 1. The molecule has 0 spiro atoms. The van der Waals surface area contributed by atoms with Crippen LogP contribution >= 0.6 is 0 Å². The molecule has 0 amide bonds. The highest BCUT2D eigenvalue weighted by Crippen LogP contribution is 2.20. The standard InChI is InChI=1S/C14H20N2O5/c1-8(2)7-10(13(17)18)15-11-6-5-9(14(19)21-4)12(16-11)20-3/h5-6,8,10H,7H2,1-4H3,(H,15,16)(H,17,18)/t10-/m0/s1. The lowest BCUT2D eigenvalue weighted by Gasteiger charge is -2.17. The number of esters is 1. The van der Waals surface area contributed by atoms with Gasteiger partial charge in [0.15, 0.2) is 0 Å². The number of rotatable bonds is 7. The molecular weight excluding hydrogens is 276 g/mol. The van der Waals surface area contributed by atoms with E-state index in [0.717, 1.165) is 0 Å². The lowest BCUT2D eigenvalue weighted by Crippen LogP contribution is -2.31. The van der Waals surface area contributed by atoms with Crippen LogP contribution in [0.15, 0.2) is 12.1 Å². The predicted molar refractivity (Wildman–Crippen MR) is 76.6 cm³/mol. The summed E-state index contributed by atoms with van der Waals surface area (Å²) in [6.45, 7) is 3.87. The number of anilines is 1. The topological polar surface area (TPSA) is 97.8 Å². The number of hydrogen-bond acceptors (Lipinski definition) is 6. The van der Waals surface area contributed by atoms with E-state index in [-0.39, 0.29) is 17.4 Å². The molecule has 7 heteroatoms. The molecule has 116 valence electrons. The highest BCUT2D eigenvalue weighted by Gasteiger charge is 2.21. The van der Waals surface area contributed by atoms with Crippen molar-refractivity contribution in [1.82, 2.24) is 4.98 Å². The number of ether oxygens (including phenoxy) is 2. The van der Waals surface area contributed by atoms with Crippen molar-refractivity contribution in [1.29, 1.82) is 0 Å². The minimum absolute atomic E-state index is 0.0838. The van der Waals surface area contributed by atoms with Gasteiger partial charge in [-0.15, -0.1) is 0 Å². The first-order valence-electron chi connectivity index (χ1n) is 6.51. The molecule has 1 atom stereocenters. The van der Waals surface area contributed by atoms with E-state index in [9.17, 15) is 14.7 Å². The van der Waals surface area contributed by atoms with Gasteiger partial charge in [-0.05, 0) is 24.5 Å². The first-order valence-corrected chi connectivity index (χ1v) is 6.51. The largest absolute Gasteiger partial charge is 0.480 e. The van der Waals surface area contributed by atoms with Crippen LogP contribution in [0.25, 0.3) is 0 Å². The Morgan fingerprint density at radius 3 is 2.48 bits per heavy atom. The van der Waals surface area contributed by atoms with E-state index < -0.39 is 18.0 Å². The van der Waals surface area contributed by atoms with Gasteiger partial charge in [0.05, 0.1) is 14.2 Å². The van der Waals surface area contributed by atoms with E-state index in [2.05, 4.69) is 15.0 Å². The zero-order valence-corrected chi connectivity index (χ0v) is 12.5.